The molecule has 1 atom stereocenters. The van der Waals surface area contributed by atoms with E-state index < -0.39 is 33.2 Å². The average Bonchev–Trinajstić information content (AvgIpc) is 3.06. The molecule has 0 bridgehead atoms. The summed E-state index contributed by atoms with van der Waals surface area (Å²) >= 11 is 1.33. The Morgan fingerprint density at radius 2 is 2.03 bits per heavy atom. The standard InChI is InChI=1S/C22H31N3O5S2/c1-4-17-7-5-6-10-24(17)21(27)15-32(28,29)14-20(26)23-22-25(11-12-30-3)18-9-8-16(2)13-19(18)31-22/h8-9,13,17H,4-7,10-12,14-15H2,1-3H3. The fraction of sp³-hybridized carbons (Fsp3) is 0.591. The number of methoxy groups -OCH3 is 1. The highest BCUT2D eigenvalue weighted by Gasteiger charge is 2.29. The maximum Gasteiger partial charge on any atom is 0.263 e. The molecule has 10 heteroatoms. The van der Waals surface area contributed by atoms with Crippen LogP contribution in [0.3, 0.4) is 0 Å². The molecule has 1 aliphatic rings. The van der Waals surface area contributed by atoms with Gasteiger partial charge in [-0.25, -0.2) is 8.42 Å². The van der Waals surface area contributed by atoms with Crippen LogP contribution in [0.25, 0.3) is 10.2 Å². The third-order valence-corrected chi connectivity index (χ3v) is 8.10. The van der Waals surface area contributed by atoms with Gasteiger partial charge in [-0.2, -0.15) is 4.99 Å². The topological polar surface area (TPSA) is 98.0 Å². The number of piperidine rings is 1. The highest BCUT2D eigenvalue weighted by molar-refractivity contribution is 7.92. The smallest absolute Gasteiger partial charge is 0.263 e. The third-order valence-electron chi connectivity index (χ3n) is 5.68. The molecule has 1 unspecified atom stereocenters. The molecule has 0 radical (unpaired) electrons. The normalized spacial score (nSPS) is 17.8. The molecule has 1 aromatic carbocycles. The van der Waals surface area contributed by atoms with E-state index in [9.17, 15) is 18.0 Å². The fourth-order valence-electron chi connectivity index (χ4n) is 4.07. The first-order valence-electron chi connectivity index (χ1n) is 10.9. The quantitative estimate of drug-likeness (QED) is 0.576. The summed E-state index contributed by atoms with van der Waals surface area (Å²) in [6.07, 6.45) is 3.62. The number of hydrogen-bond acceptors (Lipinski definition) is 6. The van der Waals surface area contributed by atoms with Gasteiger partial charge in [-0.3, -0.25) is 9.59 Å². The summed E-state index contributed by atoms with van der Waals surface area (Å²) in [6.45, 7) is 5.48. The fourth-order valence-corrected chi connectivity index (χ4v) is 6.32. The molecule has 2 aromatic rings. The van der Waals surface area contributed by atoms with Gasteiger partial charge in [0.15, 0.2) is 14.6 Å². The molecule has 0 spiro atoms. The molecule has 0 aliphatic carbocycles. The first kappa shape index (κ1) is 24.6. The predicted molar refractivity (Wildman–Crippen MR) is 125 cm³/mol. The van der Waals surface area contributed by atoms with Gasteiger partial charge < -0.3 is 14.2 Å². The summed E-state index contributed by atoms with van der Waals surface area (Å²) < 4.78 is 33.2. The Labute approximate surface area is 192 Å². The van der Waals surface area contributed by atoms with E-state index in [1.54, 1.807) is 12.0 Å². The molecule has 176 valence electrons. The molecule has 32 heavy (non-hydrogen) atoms. The van der Waals surface area contributed by atoms with Gasteiger partial charge >= 0.3 is 0 Å². The maximum atomic E-state index is 12.6. The van der Waals surface area contributed by atoms with Crippen molar-refractivity contribution in [2.45, 2.75) is 52.1 Å². The molecular formula is C22H31N3O5S2. The van der Waals surface area contributed by atoms with E-state index in [1.165, 1.54) is 11.3 Å². The van der Waals surface area contributed by atoms with Crippen LogP contribution < -0.4 is 4.80 Å². The molecule has 2 amide bonds. The van der Waals surface area contributed by atoms with E-state index in [0.29, 0.717) is 24.5 Å². The van der Waals surface area contributed by atoms with E-state index in [-0.39, 0.29) is 6.04 Å². The maximum absolute atomic E-state index is 12.6. The molecule has 8 nitrogen and oxygen atoms in total. The number of nitrogens with zero attached hydrogens (tertiary/aromatic N) is 3. The monoisotopic (exact) mass is 481 g/mol. The van der Waals surface area contributed by atoms with Gasteiger partial charge in [-0.15, -0.1) is 0 Å². The zero-order valence-corrected chi connectivity index (χ0v) is 20.5. The lowest BCUT2D eigenvalue weighted by atomic mass is 10.0. The second-order valence-electron chi connectivity index (χ2n) is 8.18. The minimum Gasteiger partial charge on any atom is -0.383 e. The van der Waals surface area contributed by atoms with Gasteiger partial charge in [-0.1, -0.05) is 24.3 Å². The number of carbonyl (C=O) groups is 2. The van der Waals surface area contributed by atoms with Crippen molar-refractivity contribution >= 4 is 43.2 Å². The number of likely N-dealkylation sites (tertiary alicyclic amines) is 1. The van der Waals surface area contributed by atoms with Gasteiger partial charge in [-0.05, 0) is 50.3 Å². The van der Waals surface area contributed by atoms with Crippen molar-refractivity contribution in [3.63, 3.8) is 0 Å². The number of thiazole rings is 1. The Hall–Kier alpha value is -2.04. The Morgan fingerprint density at radius 1 is 1.25 bits per heavy atom. The van der Waals surface area contributed by atoms with Crippen molar-refractivity contribution in [1.29, 1.82) is 0 Å². The van der Waals surface area contributed by atoms with Crippen LogP contribution in [0.2, 0.25) is 0 Å². The van der Waals surface area contributed by atoms with Gasteiger partial charge in [0.1, 0.15) is 11.5 Å². The van der Waals surface area contributed by atoms with E-state index >= 15 is 0 Å². The van der Waals surface area contributed by atoms with Gasteiger partial charge in [0.25, 0.3) is 5.91 Å². The summed E-state index contributed by atoms with van der Waals surface area (Å²) in [6, 6.07) is 6.02. The van der Waals surface area contributed by atoms with Crippen molar-refractivity contribution < 1.29 is 22.7 Å². The zero-order chi connectivity index (χ0) is 23.3. The number of fused-ring (bicyclic) bond motifs is 1. The number of hydrogen-bond donors (Lipinski definition) is 0. The number of carbonyl (C=O) groups excluding carboxylic acids is 2. The number of sulfone groups is 1. The molecule has 3 rings (SSSR count). The Kier molecular flexibility index (Phi) is 8.24. The molecule has 0 N–H and O–H groups in total. The Balaban J connectivity index is 1.79. The highest BCUT2D eigenvalue weighted by Crippen LogP contribution is 2.20. The molecule has 1 aromatic heterocycles. The van der Waals surface area contributed by atoms with Crippen LogP contribution in [0.1, 0.15) is 38.2 Å². The second kappa shape index (κ2) is 10.7. The van der Waals surface area contributed by atoms with Gasteiger partial charge in [0.2, 0.25) is 5.91 Å². The lowest BCUT2D eigenvalue weighted by Crippen LogP contribution is -2.46. The van der Waals surface area contributed by atoms with Crippen molar-refractivity contribution in [3.8, 4) is 0 Å². The van der Waals surface area contributed by atoms with Crippen LogP contribution >= 0.6 is 11.3 Å². The van der Waals surface area contributed by atoms with E-state index in [2.05, 4.69) is 4.99 Å². The van der Waals surface area contributed by atoms with E-state index in [4.69, 9.17) is 4.74 Å². The van der Waals surface area contributed by atoms with Crippen LogP contribution in [0.15, 0.2) is 23.2 Å². The number of amides is 2. The largest absolute Gasteiger partial charge is 0.383 e. The minimum atomic E-state index is -3.91. The summed E-state index contributed by atoms with van der Waals surface area (Å²) in [5.74, 6) is -2.61. The predicted octanol–water partition coefficient (Wildman–Crippen LogP) is 2.29. The lowest BCUT2D eigenvalue weighted by molar-refractivity contribution is -0.132. The molecule has 1 fully saturated rings. The van der Waals surface area contributed by atoms with Crippen LogP contribution in [0.5, 0.6) is 0 Å². The molecule has 2 heterocycles. The Bertz CT molecular complexity index is 1150. The van der Waals surface area contributed by atoms with Gasteiger partial charge in [0.05, 0.1) is 16.8 Å². The third kappa shape index (κ3) is 6.05. The van der Waals surface area contributed by atoms with E-state index in [0.717, 1.165) is 41.5 Å². The van der Waals surface area contributed by atoms with Gasteiger partial charge in [0, 0.05) is 26.2 Å². The molecule has 1 saturated heterocycles. The summed E-state index contributed by atoms with van der Waals surface area (Å²) in [5, 5.41) is 0. The van der Waals surface area contributed by atoms with Crippen LogP contribution in [0.4, 0.5) is 0 Å². The van der Waals surface area contributed by atoms with Crippen LogP contribution in [0, 0.1) is 6.92 Å². The number of ether oxygens (including phenoxy) is 1. The lowest BCUT2D eigenvalue weighted by Gasteiger charge is -2.35. The summed E-state index contributed by atoms with van der Waals surface area (Å²) in [4.78, 5) is 31.4. The highest BCUT2D eigenvalue weighted by atomic mass is 32.2. The van der Waals surface area contributed by atoms with Crippen molar-refractivity contribution in [1.82, 2.24) is 9.47 Å². The second-order valence-corrected chi connectivity index (χ2v) is 11.3. The number of rotatable bonds is 8. The minimum absolute atomic E-state index is 0.0774. The molecule has 1 aliphatic heterocycles. The zero-order valence-electron chi connectivity index (χ0n) is 18.9. The number of benzene rings is 1. The van der Waals surface area contributed by atoms with Crippen molar-refractivity contribution in [3.05, 3.63) is 28.6 Å². The van der Waals surface area contributed by atoms with Crippen molar-refractivity contribution in [2.24, 2.45) is 4.99 Å². The SMILES string of the molecule is CCC1CCCCN1C(=O)CS(=O)(=O)CC(=O)N=c1sc2cc(C)ccc2n1CCOC. The van der Waals surface area contributed by atoms with E-state index in [1.807, 2.05) is 36.6 Å². The molecular weight excluding hydrogens is 450 g/mol. The van der Waals surface area contributed by atoms with Crippen LogP contribution in [-0.4, -0.2) is 67.5 Å². The first-order chi connectivity index (χ1) is 15.2. The van der Waals surface area contributed by atoms with Crippen molar-refractivity contribution in [2.75, 3.05) is 31.8 Å². The number of aryl methyl sites for hydroxylation is 1. The average molecular weight is 482 g/mol. The number of aromatic nitrogens is 1. The summed E-state index contributed by atoms with van der Waals surface area (Å²) in [5.41, 5.74) is 2.00. The Morgan fingerprint density at radius 3 is 2.75 bits per heavy atom. The summed E-state index contributed by atoms with van der Waals surface area (Å²) in [7, 11) is -2.32. The molecule has 0 saturated carbocycles. The first-order valence-corrected chi connectivity index (χ1v) is 13.5. The van der Waals surface area contributed by atoms with Crippen LogP contribution in [-0.2, 0) is 30.7 Å².